The number of rotatable bonds is 2. The van der Waals surface area contributed by atoms with Crippen molar-refractivity contribution >= 4 is 40.1 Å². The number of alkyl halides is 6. The van der Waals surface area contributed by atoms with Crippen molar-refractivity contribution in [2.24, 2.45) is 0 Å². The summed E-state index contributed by atoms with van der Waals surface area (Å²) in [5.74, 6) is -1.97. The maximum absolute atomic E-state index is 12.6. The van der Waals surface area contributed by atoms with Crippen LogP contribution >= 0.6 is 0 Å². The molecule has 1 unspecified atom stereocenters. The van der Waals surface area contributed by atoms with Crippen LogP contribution in [0, 0.1) is 0 Å². The number of hydrazine groups is 2. The molecular formula is C5H7F6N3O8S4. The van der Waals surface area contributed by atoms with Crippen molar-refractivity contribution in [3.63, 3.8) is 0 Å². The molecule has 0 saturated carbocycles. The molecule has 1 fully saturated rings. The number of nitrogens with one attached hydrogen (secondary N) is 1. The van der Waals surface area contributed by atoms with E-state index >= 15 is 0 Å². The van der Waals surface area contributed by atoms with Crippen molar-refractivity contribution < 1.29 is 60.0 Å². The summed E-state index contributed by atoms with van der Waals surface area (Å²) in [5, 5.41) is -2.56. The average molecular weight is 479 g/mol. The van der Waals surface area contributed by atoms with Gasteiger partial charge in [0.15, 0.2) is 0 Å². The van der Waals surface area contributed by atoms with Crippen molar-refractivity contribution in [3.05, 3.63) is 0 Å². The Balaban J connectivity index is 3.85. The Morgan fingerprint density at radius 3 is 1.54 bits per heavy atom. The van der Waals surface area contributed by atoms with Gasteiger partial charge in [-0.15, -0.1) is 5.53 Å². The molecule has 0 amide bonds. The Kier molecular flexibility index (Phi) is 5.50. The predicted molar refractivity (Wildman–Crippen MR) is 68.9 cm³/mol. The van der Waals surface area contributed by atoms with E-state index in [4.69, 9.17) is 0 Å². The molecule has 0 aromatic heterocycles. The second-order valence-electron chi connectivity index (χ2n) is 4.53. The standard InChI is InChI=1S/C5H7F6N3O8S4/c1-3-2-23(15,16)13(25(19,20)4(6,7)8)12-14(24(3,17)18)26(21,22)5(9,10)11/h3,12H,2H2,1H3. The fourth-order valence-corrected chi connectivity index (χ4v) is 8.42. The second kappa shape index (κ2) is 6.13. The molecule has 21 heteroatoms. The van der Waals surface area contributed by atoms with Crippen LogP contribution in [0.5, 0.6) is 0 Å². The molecule has 1 rings (SSSR count). The molecule has 11 nitrogen and oxygen atoms in total. The van der Waals surface area contributed by atoms with Crippen LogP contribution in [-0.4, -0.2) is 63.3 Å². The summed E-state index contributed by atoms with van der Waals surface area (Å²) in [5.41, 5.74) is -12.7. The van der Waals surface area contributed by atoms with Gasteiger partial charge in [0, 0.05) is 0 Å². The second-order valence-corrected chi connectivity index (χ2v) is 12.6. The highest BCUT2D eigenvalue weighted by molar-refractivity contribution is 8.07. The highest BCUT2D eigenvalue weighted by Gasteiger charge is 2.63. The van der Waals surface area contributed by atoms with Crippen LogP contribution in [0.25, 0.3) is 0 Å². The maximum atomic E-state index is 12.6. The van der Waals surface area contributed by atoms with Crippen LogP contribution in [0.2, 0.25) is 0 Å². The lowest BCUT2D eigenvalue weighted by Gasteiger charge is -2.26. The highest BCUT2D eigenvalue weighted by Crippen LogP contribution is 2.34. The zero-order valence-corrected chi connectivity index (χ0v) is 15.1. The Morgan fingerprint density at radius 2 is 1.19 bits per heavy atom. The highest BCUT2D eigenvalue weighted by atomic mass is 32.3. The van der Waals surface area contributed by atoms with Gasteiger partial charge in [0.25, 0.3) is 0 Å². The molecular weight excluding hydrogens is 472 g/mol. The Labute approximate surface area is 142 Å². The summed E-state index contributed by atoms with van der Waals surface area (Å²) in [6, 6.07) is 0. The minimum absolute atomic E-state index is 0.195. The number of nitrogens with zero attached hydrogens (tertiary/aromatic N) is 2. The smallest absolute Gasteiger partial charge is 0.210 e. The average Bonchev–Trinajstić information content (AvgIpc) is 2.40. The van der Waals surface area contributed by atoms with Gasteiger partial charge in [0.1, 0.15) is 0 Å². The van der Waals surface area contributed by atoms with Crippen LogP contribution in [-0.2, 0) is 40.1 Å². The van der Waals surface area contributed by atoms with Crippen LogP contribution in [0.1, 0.15) is 6.92 Å². The lowest BCUT2D eigenvalue weighted by atomic mass is 10.6. The predicted octanol–water partition coefficient (Wildman–Crippen LogP) is -1.23. The van der Waals surface area contributed by atoms with Crippen LogP contribution in [0.15, 0.2) is 0 Å². The zero-order chi connectivity index (χ0) is 21.1. The van der Waals surface area contributed by atoms with Crippen LogP contribution in [0.4, 0.5) is 26.3 Å². The van der Waals surface area contributed by atoms with Gasteiger partial charge in [0.2, 0.25) is 20.0 Å². The van der Waals surface area contributed by atoms with Crippen molar-refractivity contribution in [2.75, 3.05) is 5.75 Å². The van der Waals surface area contributed by atoms with Crippen molar-refractivity contribution in [2.45, 2.75) is 23.2 Å². The van der Waals surface area contributed by atoms with E-state index in [2.05, 4.69) is 0 Å². The SMILES string of the molecule is CC1CS(=O)(=O)N(S(=O)(=O)C(F)(F)F)NN(S(=O)(=O)C(F)(F)F)S1(=O)=O. The fraction of sp³-hybridized carbons (Fsp3) is 1.00. The zero-order valence-electron chi connectivity index (χ0n) is 11.8. The summed E-state index contributed by atoms with van der Waals surface area (Å²) in [4.78, 5) is 0. The first-order valence-corrected chi connectivity index (χ1v) is 11.6. The first-order chi connectivity index (χ1) is 11.1. The molecule has 1 N–H and O–H groups in total. The summed E-state index contributed by atoms with van der Waals surface area (Å²) >= 11 is 0. The molecule has 1 aliphatic heterocycles. The van der Waals surface area contributed by atoms with Gasteiger partial charge in [-0.2, -0.15) is 26.3 Å². The van der Waals surface area contributed by atoms with Gasteiger partial charge in [0.05, 0.1) is 11.0 Å². The molecule has 0 radical (unpaired) electrons. The number of halogens is 6. The molecule has 1 heterocycles. The molecule has 26 heavy (non-hydrogen) atoms. The van der Waals surface area contributed by atoms with E-state index in [9.17, 15) is 60.0 Å². The minimum Gasteiger partial charge on any atom is -0.210 e. The largest absolute Gasteiger partial charge is 0.513 e. The Bertz CT molecular complexity index is 994. The topological polar surface area (TPSA) is 155 Å². The maximum Gasteiger partial charge on any atom is 0.513 e. The van der Waals surface area contributed by atoms with E-state index in [1.54, 1.807) is 0 Å². The summed E-state index contributed by atoms with van der Waals surface area (Å²) in [6.07, 6.45) is 0. The molecule has 0 aromatic carbocycles. The molecule has 1 atom stereocenters. The summed E-state index contributed by atoms with van der Waals surface area (Å²) in [7, 11) is -25.7. The molecule has 156 valence electrons. The van der Waals surface area contributed by atoms with Gasteiger partial charge >= 0.3 is 31.1 Å². The molecule has 0 aliphatic carbocycles. The van der Waals surface area contributed by atoms with E-state index in [1.165, 1.54) is 0 Å². The van der Waals surface area contributed by atoms with Gasteiger partial charge < -0.3 is 0 Å². The van der Waals surface area contributed by atoms with Crippen molar-refractivity contribution in [3.8, 4) is 0 Å². The molecule has 1 aliphatic rings. The summed E-state index contributed by atoms with van der Waals surface area (Å²) < 4.78 is 164. The Morgan fingerprint density at radius 1 is 0.846 bits per heavy atom. The van der Waals surface area contributed by atoms with Gasteiger partial charge in [-0.1, -0.05) is 0 Å². The monoisotopic (exact) mass is 479 g/mol. The third kappa shape index (κ3) is 3.64. The number of sulfonamides is 4. The van der Waals surface area contributed by atoms with E-state index in [0.29, 0.717) is 6.92 Å². The minimum atomic E-state index is -7.06. The third-order valence-electron chi connectivity index (χ3n) is 2.62. The van der Waals surface area contributed by atoms with E-state index in [-0.39, 0.29) is 5.53 Å². The first-order valence-electron chi connectivity index (χ1n) is 5.56. The third-order valence-corrected chi connectivity index (χ3v) is 10.8. The molecule has 0 spiro atoms. The lowest BCUT2D eigenvalue weighted by Crippen LogP contribution is -2.60. The van der Waals surface area contributed by atoms with Crippen LogP contribution in [0.3, 0.4) is 0 Å². The van der Waals surface area contributed by atoms with Gasteiger partial charge in [-0.3, -0.25) is 0 Å². The quantitative estimate of drug-likeness (QED) is 0.479. The van der Waals surface area contributed by atoms with E-state index < -0.39 is 69.8 Å². The van der Waals surface area contributed by atoms with E-state index in [0.717, 1.165) is 0 Å². The number of hydrogen-bond donors (Lipinski definition) is 1. The van der Waals surface area contributed by atoms with Gasteiger partial charge in [-0.25, -0.2) is 33.7 Å². The number of hydrogen-bond acceptors (Lipinski definition) is 9. The van der Waals surface area contributed by atoms with Crippen molar-refractivity contribution in [1.29, 1.82) is 0 Å². The molecule has 0 bridgehead atoms. The molecule has 0 aromatic rings. The fourth-order valence-electron chi connectivity index (χ4n) is 1.38. The van der Waals surface area contributed by atoms with Crippen LogP contribution < -0.4 is 5.53 Å². The molecule has 1 saturated heterocycles. The van der Waals surface area contributed by atoms with Crippen molar-refractivity contribution in [1.82, 2.24) is 13.2 Å². The lowest BCUT2D eigenvalue weighted by molar-refractivity contribution is -0.0513. The first kappa shape index (κ1) is 23.3. The normalized spacial score (nSPS) is 26.3. The van der Waals surface area contributed by atoms with E-state index in [1.807, 2.05) is 0 Å². The summed E-state index contributed by atoms with van der Waals surface area (Å²) in [6.45, 7) is 0.344. The van der Waals surface area contributed by atoms with Gasteiger partial charge in [-0.05, 0) is 14.6 Å². The Hall–Kier alpha value is -0.740.